The maximum absolute atomic E-state index is 14.0. The molecule has 2 aliphatic rings. The van der Waals surface area contributed by atoms with Crippen molar-refractivity contribution in [2.45, 2.75) is 13.5 Å². The average molecular weight is 529 g/mol. The average Bonchev–Trinajstić information content (AvgIpc) is 2.96. The molecule has 0 saturated carbocycles. The standard InChI is InChI=1S/C32H20N2O6/c1-16(35)34-24-13-12-23-27(32(39)21-9-5-3-7-19(21)30(23)37)28(24)25-17(14-40-15-33)10-11-22-26(25)31(38)20-8-4-2-6-18(20)29(22)36/h2-13,15,33H,14H2,1H3,(H,34,35). The molecule has 0 aromatic heterocycles. The molecular weight excluding hydrogens is 508 g/mol. The van der Waals surface area contributed by atoms with Crippen LogP contribution in [0.1, 0.15) is 76.2 Å². The van der Waals surface area contributed by atoms with Gasteiger partial charge in [0.1, 0.15) is 6.61 Å². The van der Waals surface area contributed by atoms with Gasteiger partial charge in [-0.15, -0.1) is 0 Å². The van der Waals surface area contributed by atoms with Crippen molar-refractivity contribution < 1.29 is 28.7 Å². The van der Waals surface area contributed by atoms with Gasteiger partial charge in [-0.1, -0.05) is 54.6 Å². The van der Waals surface area contributed by atoms with Gasteiger partial charge >= 0.3 is 0 Å². The van der Waals surface area contributed by atoms with Crippen molar-refractivity contribution in [2.24, 2.45) is 0 Å². The second kappa shape index (κ2) is 9.36. The zero-order valence-electron chi connectivity index (χ0n) is 21.2. The molecule has 0 heterocycles. The van der Waals surface area contributed by atoms with Crippen LogP contribution < -0.4 is 5.32 Å². The highest BCUT2D eigenvalue weighted by atomic mass is 16.5. The Balaban J connectivity index is 1.75. The number of nitrogens with one attached hydrogen (secondary N) is 2. The number of carbonyl (C=O) groups excluding carboxylic acids is 5. The Morgan fingerprint density at radius 1 is 0.650 bits per heavy atom. The molecular formula is C32H20N2O6. The third kappa shape index (κ3) is 3.61. The van der Waals surface area contributed by atoms with Crippen molar-refractivity contribution in [2.75, 3.05) is 5.32 Å². The Bertz CT molecular complexity index is 1850. The number of hydrogen-bond donors (Lipinski definition) is 2. The molecule has 0 atom stereocenters. The van der Waals surface area contributed by atoms with E-state index in [1.54, 1.807) is 54.6 Å². The van der Waals surface area contributed by atoms with Crippen LogP contribution in [0.2, 0.25) is 0 Å². The van der Waals surface area contributed by atoms with E-state index in [0.717, 1.165) is 6.40 Å². The molecule has 0 spiro atoms. The molecule has 0 radical (unpaired) electrons. The fraction of sp³-hybridized carbons (Fsp3) is 0.0625. The SMILES string of the molecule is CC(=O)Nc1ccc2c(c1-c1c(COC=N)ccc3c1C(=O)c1ccccc1C3=O)C(=O)c1ccccc1C2=O. The summed E-state index contributed by atoms with van der Waals surface area (Å²) >= 11 is 0. The number of rotatable bonds is 5. The number of ketones is 4. The quantitative estimate of drug-likeness (QED) is 0.240. The summed E-state index contributed by atoms with van der Waals surface area (Å²) in [4.78, 5) is 67.5. The normalized spacial score (nSPS) is 13.1. The maximum Gasteiger partial charge on any atom is 0.221 e. The first-order valence-electron chi connectivity index (χ1n) is 12.4. The van der Waals surface area contributed by atoms with Crippen LogP contribution in [0.3, 0.4) is 0 Å². The summed E-state index contributed by atoms with van der Waals surface area (Å²) in [6.07, 6.45) is 0.742. The van der Waals surface area contributed by atoms with Gasteiger partial charge in [0, 0.05) is 68.2 Å². The third-order valence-electron chi connectivity index (χ3n) is 7.16. The third-order valence-corrected chi connectivity index (χ3v) is 7.16. The van der Waals surface area contributed by atoms with E-state index in [4.69, 9.17) is 10.1 Å². The molecule has 1 amide bonds. The summed E-state index contributed by atoms with van der Waals surface area (Å²) in [5.74, 6) is -2.09. The number of fused-ring (bicyclic) bond motifs is 4. The van der Waals surface area contributed by atoms with E-state index < -0.39 is 17.5 Å². The Morgan fingerprint density at radius 2 is 1.12 bits per heavy atom. The second-order valence-electron chi connectivity index (χ2n) is 9.45. The molecule has 4 aromatic rings. The summed E-state index contributed by atoms with van der Waals surface area (Å²) in [5.41, 5.74) is 2.09. The molecule has 40 heavy (non-hydrogen) atoms. The molecule has 2 N–H and O–H groups in total. The molecule has 8 heteroatoms. The van der Waals surface area contributed by atoms with Crippen LogP contribution in [0.4, 0.5) is 5.69 Å². The van der Waals surface area contributed by atoms with Gasteiger partial charge < -0.3 is 10.1 Å². The Hall–Kier alpha value is -5.50. The van der Waals surface area contributed by atoms with Crippen molar-refractivity contribution in [3.8, 4) is 11.1 Å². The number of ether oxygens (including phenoxy) is 1. The zero-order valence-corrected chi connectivity index (χ0v) is 21.2. The van der Waals surface area contributed by atoms with Crippen LogP contribution in [0.5, 0.6) is 0 Å². The summed E-state index contributed by atoms with van der Waals surface area (Å²) in [5, 5.41) is 10.1. The molecule has 0 aliphatic heterocycles. The van der Waals surface area contributed by atoms with Crippen molar-refractivity contribution in [3.63, 3.8) is 0 Å². The molecule has 6 rings (SSSR count). The lowest BCUT2D eigenvalue weighted by atomic mass is 9.74. The minimum Gasteiger partial charge on any atom is -0.479 e. The fourth-order valence-electron chi connectivity index (χ4n) is 5.51. The minimum absolute atomic E-state index is 0.0126. The topological polar surface area (TPSA) is 130 Å². The molecule has 0 fully saturated rings. The lowest BCUT2D eigenvalue weighted by molar-refractivity contribution is -0.114. The predicted octanol–water partition coefficient (Wildman–Crippen LogP) is 4.99. The van der Waals surface area contributed by atoms with Gasteiger partial charge in [0.25, 0.3) is 0 Å². The summed E-state index contributed by atoms with van der Waals surface area (Å²) < 4.78 is 5.28. The van der Waals surface area contributed by atoms with Gasteiger partial charge in [-0.05, 0) is 23.8 Å². The molecule has 0 bridgehead atoms. The largest absolute Gasteiger partial charge is 0.479 e. The summed E-state index contributed by atoms with van der Waals surface area (Å²) in [6, 6.07) is 19.0. The van der Waals surface area contributed by atoms with Gasteiger partial charge in [0.15, 0.2) is 29.5 Å². The molecule has 0 unspecified atom stereocenters. The number of benzene rings is 4. The molecule has 2 aliphatic carbocycles. The van der Waals surface area contributed by atoms with Crippen LogP contribution in [0, 0.1) is 5.41 Å². The van der Waals surface area contributed by atoms with Crippen molar-refractivity contribution in [3.05, 3.63) is 123 Å². The number of amides is 1. The predicted molar refractivity (Wildman–Crippen MR) is 146 cm³/mol. The van der Waals surface area contributed by atoms with Crippen LogP contribution >= 0.6 is 0 Å². The Kier molecular flexibility index (Phi) is 5.80. The van der Waals surface area contributed by atoms with Gasteiger partial charge in [-0.25, -0.2) is 0 Å². The Labute approximate surface area is 228 Å². The van der Waals surface area contributed by atoms with Crippen LogP contribution in [-0.2, 0) is 16.1 Å². The maximum atomic E-state index is 14.0. The van der Waals surface area contributed by atoms with Crippen molar-refractivity contribution in [1.29, 1.82) is 5.41 Å². The minimum atomic E-state index is -0.459. The van der Waals surface area contributed by atoms with E-state index in [0.29, 0.717) is 5.56 Å². The lowest BCUT2D eigenvalue weighted by Gasteiger charge is -2.27. The van der Waals surface area contributed by atoms with Crippen LogP contribution in [-0.4, -0.2) is 35.4 Å². The van der Waals surface area contributed by atoms with Gasteiger partial charge in [-0.2, -0.15) is 0 Å². The molecule has 194 valence electrons. The first kappa shape index (κ1) is 24.8. The summed E-state index contributed by atoms with van der Waals surface area (Å²) in [7, 11) is 0. The highest BCUT2D eigenvalue weighted by Crippen LogP contribution is 2.45. The first-order valence-corrected chi connectivity index (χ1v) is 12.4. The highest BCUT2D eigenvalue weighted by molar-refractivity contribution is 6.34. The smallest absolute Gasteiger partial charge is 0.221 e. The van der Waals surface area contributed by atoms with E-state index in [1.165, 1.54) is 25.1 Å². The monoisotopic (exact) mass is 528 g/mol. The number of hydrogen-bond acceptors (Lipinski definition) is 7. The molecule has 4 aromatic carbocycles. The van der Waals surface area contributed by atoms with E-state index in [-0.39, 0.29) is 79.5 Å². The second-order valence-corrected chi connectivity index (χ2v) is 9.45. The number of anilines is 1. The van der Waals surface area contributed by atoms with E-state index in [9.17, 15) is 24.0 Å². The van der Waals surface area contributed by atoms with Crippen LogP contribution in [0.15, 0.2) is 72.8 Å². The van der Waals surface area contributed by atoms with Crippen LogP contribution in [0.25, 0.3) is 11.1 Å². The van der Waals surface area contributed by atoms with Gasteiger partial charge in [0.05, 0.1) is 0 Å². The van der Waals surface area contributed by atoms with Crippen molar-refractivity contribution >= 4 is 41.1 Å². The Morgan fingerprint density at radius 3 is 1.62 bits per heavy atom. The zero-order chi connectivity index (χ0) is 28.1. The van der Waals surface area contributed by atoms with Gasteiger partial charge in [-0.3, -0.25) is 29.4 Å². The molecule has 0 saturated heterocycles. The van der Waals surface area contributed by atoms with E-state index in [1.807, 2.05) is 0 Å². The molecule has 8 nitrogen and oxygen atoms in total. The lowest BCUT2D eigenvalue weighted by Crippen LogP contribution is -2.25. The number of carbonyl (C=O) groups is 5. The van der Waals surface area contributed by atoms with E-state index in [2.05, 4.69) is 5.32 Å². The van der Waals surface area contributed by atoms with Gasteiger partial charge in [0.2, 0.25) is 5.91 Å². The van der Waals surface area contributed by atoms with E-state index >= 15 is 0 Å². The summed E-state index contributed by atoms with van der Waals surface area (Å²) in [6.45, 7) is 1.13. The highest BCUT2D eigenvalue weighted by Gasteiger charge is 2.38. The first-order chi connectivity index (χ1) is 19.3. The fourth-order valence-corrected chi connectivity index (χ4v) is 5.51. The van der Waals surface area contributed by atoms with Crippen molar-refractivity contribution in [1.82, 2.24) is 0 Å².